The maximum absolute atomic E-state index is 5.85. The lowest BCUT2D eigenvalue weighted by Gasteiger charge is -2.11. The lowest BCUT2D eigenvalue weighted by Crippen LogP contribution is -2.16. The smallest absolute Gasteiger partial charge is 0.134 e. The van der Waals surface area contributed by atoms with Crippen LogP contribution in [0.15, 0.2) is 34.7 Å². The Balaban J connectivity index is 2.23. The summed E-state index contributed by atoms with van der Waals surface area (Å²) < 4.78 is 5.85. The Labute approximate surface area is 100 Å². The molecule has 0 aliphatic carbocycles. The van der Waals surface area contributed by atoms with Crippen LogP contribution < -0.4 is 5.32 Å². The van der Waals surface area contributed by atoms with Gasteiger partial charge >= 0.3 is 0 Å². The molecule has 1 atom stereocenters. The van der Waals surface area contributed by atoms with Gasteiger partial charge in [-0.15, -0.1) is 0 Å². The number of thioether (sulfide) groups is 1. The van der Waals surface area contributed by atoms with Gasteiger partial charge in [0.2, 0.25) is 0 Å². The Kier molecular flexibility index (Phi) is 3.91. The van der Waals surface area contributed by atoms with Gasteiger partial charge in [-0.3, -0.25) is 0 Å². The highest BCUT2D eigenvalue weighted by Crippen LogP contribution is 2.25. The van der Waals surface area contributed by atoms with Gasteiger partial charge in [0.25, 0.3) is 0 Å². The van der Waals surface area contributed by atoms with Crippen molar-refractivity contribution >= 4 is 22.7 Å². The standard InChI is InChI=1S/C13H17NOS/c1-14-11(7-8-16-2)13-9-10-5-3-4-6-12(10)15-13/h3-6,9,11,14H,7-8H2,1-2H3. The summed E-state index contributed by atoms with van der Waals surface area (Å²) in [6, 6.07) is 10.6. The number of rotatable bonds is 5. The second-order valence-corrected chi connectivity index (χ2v) is 4.79. The van der Waals surface area contributed by atoms with Gasteiger partial charge in [0.1, 0.15) is 11.3 Å². The number of nitrogens with one attached hydrogen (secondary N) is 1. The highest BCUT2D eigenvalue weighted by atomic mass is 32.2. The van der Waals surface area contributed by atoms with Crippen molar-refractivity contribution in [2.75, 3.05) is 19.1 Å². The molecule has 2 rings (SSSR count). The van der Waals surface area contributed by atoms with Gasteiger partial charge in [-0.1, -0.05) is 18.2 Å². The molecule has 1 heterocycles. The summed E-state index contributed by atoms with van der Waals surface area (Å²) in [6.07, 6.45) is 3.23. The van der Waals surface area contributed by atoms with Crippen LogP contribution in [0.4, 0.5) is 0 Å². The van der Waals surface area contributed by atoms with Gasteiger partial charge in [0, 0.05) is 5.39 Å². The van der Waals surface area contributed by atoms with Gasteiger partial charge in [-0.25, -0.2) is 0 Å². The zero-order valence-electron chi connectivity index (χ0n) is 9.69. The summed E-state index contributed by atoms with van der Waals surface area (Å²) in [4.78, 5) is 0. The van der Waals surface area contributed by atoms with E-state index in [-0.39, 0.29) is 0 Å². The fraction of sp³-hybridized carbons (Fsp3) is 0.385. The molecule has 0 saturated heterocycles. The Morgan fingerprint density at radius 3 is 2.88 bits per heavy atom. The highest BCUT2D eigenvalue weighted by Gasteiger charge is 2.13. The van der Waals surface area contributed by atoms with Crippen LogP contribution >= 0.6 is 11.8 Å². The summed E-state index contributed by atoms with van der Waals surface area (Å²) >= 11 is 1.87. The molecular weight excluding hydrogens is 218 g/mol. The van der Waals surface area contributed by atoms with E-state index >= 15 is 0 Å². The van der Waals surface area contributed by atoms with E-state index in [1.165, 1.54) is 5.39 Å². The minimum Gasteiger partial charge on any atom is -0.459 e. The van der Waals surface area contributed by atoms with Crippen LogP contribution in [0, 0.1) is 0 Å². The largest absolute Gasteiger partial charge is 0.459 e. The quantitative estimate of drug-likeness (QED) is 0.859. The van der Waals surface area contributed by atoms with Crippen LogP contribution in [0.2, 0.25) is 0 Å². The molecule has 1 aromatic carbocycles. The van der Waals surface area contributed by atoms with Crippen LogP contribution in [0.3, 0.4) is 0 Å². The molecule has 0 aliphatic rings. The molecule has 2 aromatic rings. The monoisotopic (exact) mass is 235 g/mol. The number of furan rings is 1. The number of hydrogen-bond acceptors (Lipinski definition) is 3. The molecule has 0 amide bonds. The Hall–Kier alpha value is -0.930. The first-order chi connectivity index (χ1) is 7.85. The maximum Gasteiger partial charge on any atom is 0.134 e. The van der Waals surface area contributed by atoms with Gasteiger partial charge in [-0.2, -0.15) is 11.8 Å². The predicted molar refractivity (Wildman–Crippen MR) is 71.0 cm³/mol. The zero-order valence-corrected chi connectivity index (χ0v) is 10.5. The first-order valence-electron chi connectivity index (χ1n) is 5.50. The van der Waals surface area contributed by atoms with Crippen molar-refractivity contribution in [1.82, 2.24) is 5.32 Å². The van der Waals surface area contributed by atoms with E-state index in [4.69, 9.17) is 4.42 Å². The summed E-state index contributed by atoms with van der Waals surface area (Å²) in [6.45, 7) is 0. The van der Waals surface area contributed by atoms with Crippen molar-refractivity contribution in [3.05, 3.63) is 36.1 Å². The third-order valence-electron chi connectivity index (χ3n) is 2.75. The van der Waals surface area contributed by atoms with Gasteiger partial charge in [0.05, 0.1) is 6.04 Å². The molecule has 1 aromatic heterocycles. The van der Waals surface area contributed by atoms with E-state index in [0.717, 1.165) is 23.5 Å². The number of fused-ring (bicyclic) bond motifs is 1. The van der Waals surface area contributed by atoms with Gasteiger partial charge in [0.15, 0.2) is 0 Å². The zero-order chi connectivity index (χ0) is 11.4. The number of benzene rings is 1. The normalized spacial score (nSPS) is 13.1. The topological polar surface area (TPSA) is 25.2 Å². The van der Waals surface area contributed by atoms with Crippen LogP contribution in [-0.4, -0.2) is 19.1 Å². The second kappa shape index (κ2) is 5.41. The Morgan fingerprint density at radius 1 is 1.38 bits per heavy atom. The predicted octanol–water partition coefficient (Wildman–Crippen LogP) is 3.45. The highest BCUT2D eigenvalue weighted by molar-refractivity contribution is 7.98. The van der Waals surface area contributed by atoms with Crippen molar-refractivity contribution in [2.45, 2.75) is 12.5 Å². The molecule has 86 valence electrons. The van der Waals surface area contributed by atoms with E-state index in [1.807, 2.05) is 37.0 Å². The van der Waals surface area contributed by atoms with Crippen LogP contribution in [0.25, 0.3) is 11.0 Å². The summed E-state index contributed by atoms with van der Waals surface area (Å²) in [5, 5.41) is 4.49. The molecule has 0 radical (unpaired) electrons. The van der Waals surface area contributed by atoms with Crippen molar-refractivity contribution < 1.29 is 4.42 Å². The molecule has 1 N–H and O–H groups in total. The first-order valence-corrected chi connectivity index (χ1v) is 6.89. The molecular formula is C13H17NOS. The molecule has 2 nitrogen and oxygen atoms in total. The van der Waals surface area contributed by atoms with Crippen LogP contribution in [-0.2, 0) is 0 Å². The molecule has 0 bridgehead atoms. The summed E-state index contributed by atoms with van der Waals surface area (Å²) in [7, 11) is 1.98. The van der Waals surface area contributed by atoms with E-state index < -0.39 is 0 Å². The van der Waals surface area contributed by atoms with Gasteiger partial charge in [-0.05, 0) is 37.6 Å². The lowest BCUT2D eigenvalue weighted by molar-refractivity contribution is 0.446. The van der Waals surface area contributed by atoms with Crippen molar-refractivity contribution in [1.29, 1.82) is 0 Å². The Morgan fingerprint density at radius 2 is 2.19 bits per heavy atom. The third kappa shape index (κ3) is 2.42. The fourth-order valence-corrected chi connectivity index (χ4v) is 2.31. The number of para-hydroxylation sites is 1. The third-order valence-corrected chi connectivity index (χ3v) is 3.39. The molecule has 0 spiro atoms. The van der Waals surface area contributed by atoms with Crippen molar-refractivity contribution in [2.24, 2.45) is 0 Å². The van der Waals surface area contributed by atoms with Crippen molar-refractivity contribution in [3.63, 3.8) is 0 Å². The fourth-order valence-electron chi connectivity index (χ4n) is 1.84. The SMILES string of the molecule is CNC(CCSC)c1cc2ccccc2o1. The first kappa shape index (κ1) is 11.6. The molecule has 0 fully saturated rings. The van der Waals surface area contributed by atoms with E-state index in [2.05, 4.69) is 23.7 Å². The summed E-state index contributed by atoms with van der Waals surface area (Å²) in [5.41, 5.74) is 0.974. The van der Waals surface area contributed by atoms with Crippen LogP contribution in [0.5, 0.6) is 0 Å². The Bertz CT molecular complexity index is 419. The molecule has 0 aliphatic heterocycles. The maximum atomic E-state index is 5.85. The van der Waals surface area contributed by atoms with Gasteiger partial charge < -0.3 is 9.73 Å². The molecule has 16 heavy (non-hydrogen) atoms. The van der Waals surface area contributed by atoms with Crippen molar-refractivity contribution in [3.8, 4) is 0 Å². The second-order valence-electron chi connectivity index (χ2n) is 3.81. The molecule has 0 saturated carbocycles. The number of hydrogen-bond donors (Lipinski definition) is 1. The van der Waals surface area contributed by atoms with Crippen LogP contribution in [0.1, 0.15) is 18.2 Å². The average Bonchev–Trinajstić information content (AvgIpc) is 2.73. The van der Waals surface area contributed by atoms with E-state index in [0.29, 0.717) is 6.04 Å². The minimum atomic E-state index is 0.319. The summed E-state index contributed by atoms with van der Waals surface area (Å²) in [5.74, 6) is 2.18. The van der Waals surface area contributed by atoms with E-state index in [9.17, 15) is 0 Å². The lowest BCUT2D eigenvalue weighted by atomic mass is 10.1. The molecule has 1 unspecified atom stereocenters. The van der Waals surface area contributed by atoms with E-state index in [1.54, 1.807) is 0 Å². The molecule has 3 heteroatoms. The average molecular weight is 235 g/mol. The minimum absolute atomic E-state index is 0.319.